The van der Waals surface area contributed by atoms with Gasteiger partial charge in [0.15, 0.2) is 0 Å². The van der Waals surface area contributed by atoms with Gasteiger partial charge in [-0.15, -0.1) is 5.10 Å². The molecule has 6 heteroatoms. The first-order valence-corrected chi connectivity index (χ1v) is 6.46. The van der Waals surface area contributed by atoms with Gasteiger partial charge in [0.05, 0.1) is 13.0 Å². The zero-order valence-corrected chi connectivity index (χ0v) is 11.7. The summed E-state index contributed by atoms with van der Waals surface area (Å²) in [5.74, 6) is 1.12. The number of esters is 1. The van der Waals surface area contributed by atoms with Crippen LogP contribution < -0.4 is 0 Å². The molecule has 0 bridgehead atoms. The number of nitrogens with one attached hydrogen (secondary N) is 1. The lowest BCUT2D eigenvalue weighted by Gasteiger charge is -2.12. The minimum absolute atomic E-state index is 0.0419. The molecule has 1 N–H and O–H groups in total. The summed E-state index contributed by atoms with van der Waals surface area (Å²) in [4.78, 5) is 15.6. The monoisotopic (exact) mass is 257 g/mol. The topological polar surface area (TPSA) is 67.9 Å². The Morgan fingerprint density at radius 1 is 1.53 bits per heavy atom. The standard InChI is InChI=1S/C11H19N3O2S/c1-7(8(15)16-5)6-17-10-12-9(13-14-10)11(2,3)4/h7H,6H2,1-5H3,(H,12,13,14). The lowest BCUT2D eigenvalue weighted by molar-refractivity contribution is -0.143. The van der Waals surface area contributed by atoms with E-state index in [2.05, 4.69) is 40.7 Å². The van der Waals surface area contributed by atoms with Crippen LogP contribution in [0.3, 0.4) is 0 Å². The van der Waals surface area contributed by atoms with E-state index in [4.69, 9.17) is 0 Å². The number of ether oxygens (including phenoxy) is 1. The molecule has 1 aromatic heterocycles. The third-order valence-corrected chi connectivity index (χ3v) is 3.35. The number of H-pyrrole nitrogens is 1. The maximum absolute atomic E-state index is 11.2. The average molecular weight is 257 g/mol. The van der Waals surface area contributed by atoms with Gasteiger partial charge in [0.1, 0.15) is 5.82 Å². The lowest BCUT2D eigenvalue weighted by atomic mass is 9.96. The number of aromatic amines is 1. The van der Waals surface area contributed by atoms with Crippen LogP contribution in [0.1, 0.15) is 33.5 Å². The second-order valence-electron chi connectivity index (χ2n) is 4.95. The minimum Gasteiger partial charge on any atom is -0.469 e. The van der Waals surface area contributed by atoms with Crippen LogP contribution in [0.15, 0.2) is 5.16 Å². The van der Waals surface area contributed by atoms with E-state index in [-0.39, 0.29) is 17.3 Å². The van der Waals surface area contributed by atoms with Gasteiger partial charge in [0.2, 0.25) is 5.16 Å². The molecule has 0 aliphatic carbocycles. The van der Waals surface area contributed by atoms with Gasteiger partial charge in [-0.05, 0) is 0 Å². The Balaban J connectivity index is 2.53. The van der Waals surface area contributed by atoms with Crippen LogP contribution in [-0.2, 0) is 14.9 Å². The summed E-state index contributed by atoms with van der Waals surface area (Å²) in [5.41, 5.74) is -0.0419. The first-order chi connectivity index (χ1) is 7.84. The third-order valence-electron chi connectivity index (χ3n) is 2.24. The summed E-state index contributed by atoms with van der Waals surface area (Å²) in [7, 11) is 1.40. The number of carbonyl (C=O) groups is 1. The normalized spacial score (nSPS) is 13.5. The van der Waals surface area contributed by atoms with E-state index in [0.29, 0.717) is 10.9 Å². The quantitative estimate of drug-likeness (QED) is 0.660. The number of hydrogen-bond acceptors (Lipinski definition) is 5. The predicted molar refractivity (Wildman–Crippen MR) is 67.0 cm³/mol. The number of rotatable bonds is 4. The molecule has 1 rings (SSSR count). The summed E-state index contributed by atoms with van der Waals surface area (Å²) in [6, 6.07) is 0. The van der Waals surface area contributed by atoms with Gasteiger partial charge < -0.3 is 4.74 Å². The first-order valence-electron chi connectivity index (χ1n) is 5.48. The zero-order chi connectivity index (χ0) is 13.1. The molecular formula is C11H19N3O2S. The van der Waals surface area contributed by atoms with Gasteiger partial charge in [0.25, 0.3) is 0 Å². The molecule has 0 aliphatic heterocycles. The van der Waals surface area contributed by atoms with E-state index in [9.17, 15) is 4.79 Å². The van der Waals surface area contributed by atoms with Crippen LogP contribution in [0, 0.1) is 5.92 Å². The molecule has 0 saturated heterocycles. The molecule has 0 aliphatic rings. The minimum atomic E-state index is -0.205. The van der Waals surface area contributed by atoms with Crippen molar-refractivity contribution in [1.29, 1.82) is 0 Å². The molecule has 1 atom stereocenters. The number of hydrogen-bond donors (Lipinski definition) is 1. The lowest BCUT2D eigenvalue weighted by Crippen LogP contribution is -2.15. The molecule has 0 aromatic carbocycles. The van der Waals surface area contributed by atoms with E-state index in [1.807, 2.05) is 6.92 Å². The first kappa shape index (κ1) is 14.0. The van der Waals surface area contributed by atoms with Crippen molar-refractivity contribution in [3.8, 4) is 0 Å². The fraction of sp³-hybridized carbons (Fsp3) is 0.727. The molecule has 1 heterocycles. The molecule has 0 radical (unpaired) electrons. The molecule has 0 spiro atoms. The summed E-state index contributed by atoms with van der Waals surface area (Å²) >= 11 is 1.45. The summed E-state index contributed by atoms with van der Waals surface area (Å²) in [6.45, 7) is 8.03. The maximum atomic E-state index is 11.2. The zero-order valence-electron chi connectivity index (χ0n) is 10.9. The smallest absolute Gasteiger partial charge is 0.309 e. The van der Waals surface area contributed by atoms with Crippen molar-refractivity contribution in [3.05, 3.63) is 5.82 Å². The Morgan fingerprint density at radius 3 is 2.65 bits per heavy atom. The summed E-state index contributed by atoms with van der Waals surface area (Å²) in [6.07, 6.45) is 0. The van der Waals surface area contributed by atoms with E-state index in [1.165, 1.54) is 18.9 Å². The molecule has 1 unspecified atom stereocenters. The number of carbonyl (C=O) groups excluding carboxylic acids is 1. The van der Waals surface area contributed by atoms with Crippen LogP contribution >= 0.6 is 11.8 Å². The van der Waals surface area contributed by atoms with Crippen LogP contribution in [0.25, 0.3) is 0 Å². The van der Waals surface area contributed by atoms with E-state index >= 15 is 0 Å². The third kappa shape index (κ3) is 4.03. The molecule has 0 amide bonds. The molecule has 5 nitrogen and oxygen atoms in total. The summed E-state index contributed by atoms with van der Waals surface area (Å²) in [5, 5.41) is 7.70. The van der Waals surface area contributed by atoms with Crippen molar-refractivity contribution in [2.45, 2.75) is 38.3 Å². The largest absolute Gasteiger partial charge is 0.469 e. The fourth-order valence-electron chi connectivity index (χ4n) is 1.12. The highest BCUT2D eigenvalue weighted by atomic mass is 32.2. The fourth-order valence-corrected chi connectivity index (χ4v) is 1.92. The molecule has 96 valence electrons. The highest BCUT2D eigenvalue weighted by Crippen LogP contribution is 2.22. The molecule has 0 fully saturated rings. The Labute approximate surface area is 106 Å². The number of methoxy groups -OCH3 is 1. The van der Waals surface area contributed by atoms with Crippen molar-refractivity contribution in [2.24, 2.45) is 5.92 Å². The van der Waals surface area contributed by atoms with Gasteiger partial charge in [-0.2, -0.15) is 0 Å². The van der Waals surface area contributed by atoms with Crippen LogP contribution in [0.5, 0.6) is 0 Å². The molecule has 0 saturated carbocycles. The molecule has 17 heavy (non-hydrogen) atoms. The predicted octanol–water partition coefficient (Wildman–Crippen LogP) is 2.00. The highest BCUT2D eigenvalue weighted by Gasteiger charge is 2.20. The van der Waals surface area contributed by atoms with Crippen molar-refractivity contribution < 1.29 is 9.53 Å². The van der Waals surface area contributed by atoms with Gasteiger partial charge in [-0.3, -0.25) is 9.89 Å². The van der Waals surface area contributed by atoms with Gasteiger partial charge >= 0.3 is 5.97 Å². The van der Waals surface area contributed by atoms with Gasteiger partial charge in [-0.25, -0.2) is 4.98 Å². The second kappa shape index (κ2) is 5.53. The van der Waals surface area contributed by atoms with Crippen molar-refractivity contribution in [3.63, 3.8) is 0 Å². The van der Waals surface area contributed by atoms with Crippen molar-refractivity contribution >= 4 is 17.7 Å². The number of nitrogens with zero attached hydrogens (tertiary/aromatic N) is 2. The van der Waals surface area contributed by atoms with Crippen molar-refractivity contribution in [2.75, 3.05) is 12.9 Å². The van der Waals surface area contributed by atoms with E-state index in [1.54, 1.807) is 0 Å². The number of aromatic nitrogens is 3. The van der Waals surface area contributed by atoms with Gasteiger partial charge in [-0.1, -0.05) is 39.5 Å². The Bertz CT molecular complexity index is 384. The van der Waals surface area contributed by atoms with Crippen LogP contribution in [-0.4, -0.2) is 34.0 Å². The SMILES string of the molecule is COC(=O)C(C)CSc1n[nH]c(C(C)(C)C)n1. The maximum Gasteiger partial charge on any atom is 0.309 e. The van der Waals surface area contributed by atoms with E-state index in [0.717, 1.165) is 5.82 Å². The van der Waals surface area contributed by atoms with Crippen LogP contribution in [0.2, 0.25) is 0 Å². The Hall–Kier alpha value is -1.04. The van der Waals surface area contributed by atoms with Crippen LogP contribution in [0.4, 0.5) is 0 Å². The second-order valence-corrected chi connectivity index (χ2v) is 5.94. The number of thioether (sulfide) groups is 1. The van der Waals surface area contributed by atoms with Gasteiger partial charge in [0, 0.05) is 11.2 Å². The Morgan fingerprint density at radius 2 is 2.18 bits per heavy atom. The summed E-state index contributed by atoms with van der Waals surface area (Å²) < 4.78 is 4.66. The average Bonchev–Trinajstić information content (AvgIpc) is 2.72. The molecule has 1 aromatic rings. The van der Waals surface area contributed by atoms with Crippen molar-refractivity contribution in [1.82, 2.24) is 15.2 Å². The van der Waals surface area contributed by atoms with E-state index < -0.39 is 0 Å². The molecular weight excluding hydrogens is 238 g/mol. The Kier molecular flexibility index (Phi) is 4.56. The highest BCUT2D eigenvalue weighted by molar-refractivity contribution is 7.99.